The summed E-state index contributed by atoms with van der Waals surface area (Å²) in [5, 5.41) is 3.37. The molecule has 0 unspecified atom stereocenters. The van der Waals surface area contributed by atoms with E-state index in [0.717, 1.165) is 29.9 Å². The summed E-state index contributed by atoms with van der Waals surface area (Å²) < 4.78 is 5.58. The Morgan fingerprint density at radius 3 is 2.73 bits per heavy atom. The monoisotopic (exact) mass is 293 g/mol. The van der Waals surface area contributed by atoms with Crippen LogP contribution in [0.25, 0.3) is 11.5 Å². The maximum absolute atomic E-state index is 5.58. The number of aryl methyl sites for hydroxylation is 1. The molecule has 0 saturated heterocycles. The standard InChI is InChI=1S/C18H19N3O/c1-14-6-2-3-8-17(14)18-21-16(13-22-18)12-19-11-9-15-7-4-5-10-20-15/h2-8,10,13,19H,9,11-12H2,1H3. The first-order valence-corrected chi connectivity index (χ1v) is 7.44. The summed E-state index contributed by atoms with van der Waals surface area (Å²) in [4.78, 5) is 8.84. The molecule has 2 heterocycles. The Morgan fingerprint density at radius 1 is 1.05 bits per heavy atom. The number of oxazole rings is 1. The molecule has 4 heteroatoms. The summed E-state index contributed by atoms with van der Waals surface area (Å²) >= 11 is 0. The predicted octanol–water partition coefficient (Wildman–Crippen LogP) is 3.38. The highest BCUT2D eigenvalue weighted by Gasteiger charge is 2.08. The van der Waals surface area contributed by atoms with Crippen molar-refractivity contribution in [1.82, 2.24) is 15.3 Å². The molecule has 0 aliphatic heterocycles. The van der Waals surface area contributed by atoms with E-state index >= 15 is 0 Å². The van der Waals surface area contributed by atoms with Crippen molar-refractivity contribution in [3.63, 3.8) is 0 Å². The van der Waals surface area contributed by atoms with Crippen LogP contribution in [0.15, 0.2) is 59.3 Å². The van der Waals surface area contributed by atoms with Crippen LogP contribution >= 0.6 is 0 Å². The number of rotatable bonds is 6. The topological polar surface area (TPSA) is 51.0 Å². The molecule has 0 amide bonds. The largest absolute Gasteiger partial charge is 0.444 e. The second-order valence-corrected chi connectivity index (χ2v) is 5.21. The number of pyridine rings is 1. The van der Waals surface area contributed by atoms with Crippen molar-refractivity contribution in [3.8, 4) is 11.5 Å². The van der Waals surface area contributed by atoms with Gasteiger partial charge in [-0.1, -0.05) is 24.3 Å². The van der Waals surface area contributed by atoms with Crippen LogP contribution in [0, 0.1) is 6.92 Å². The van der Waals surface area contributed by atoms with Gasteiger partial charge in [0.1, 0.15) is 6.26 Å². The molecule has 0 fully saturated rings. The highest BCUT2D eigenvalue weighted by molar-refractivity contribution is 5.58. The molecule has 0 atom stereocenters. The Hall–Kier alpha value is -2.46. The van der Waals surface area contributed by atoms with Crippen molar-refractivity contribution in [2.75, 3.05) is 6.54 Å². The molecule has 0 bridgehead atoms. The van der Waals surface area contributed by atoms with E-state index < -0.39 is 0 Å². The normalized spacial score (nSPS) is 10.8. The Morgan fingerprint density at radius 2 is 1.91 bits per heavy atom. The molecule has 1 aromatic carbocycles. The molecular formula is C18H19N3O. The highest BCUT2D eigenvalue weighted by Crippen LogP contribution is 2.22. The van der Waals surface area contributed by atoms with Crippen molar-refractivity contribution in [1.29, 1.82) is 0 Å². The Labute approximate surface area is 130 Å². The van der Waals surface area contributed by atoms with Gasteiger partial charge < -0.3 is 9.73 Å². The third-order valence-corrected chi connectivity index (χ3v) is 3.52. The summed E-state index contributed by atoms with van der Waals surface area (Å²) in [6, 6.07) is 14.1. The Bertz CT molecular complexity index is 722. The number of nitrogens with one attached hydrogen (secondary N) is 1. The zero-order valence-electron chi connectivity index (χ0n) is 12.6. The molecule has 4 nitrogen and oxygen atoms in total. The molecular weight excluding hydrogens is 274 g/mol. The molecule has 0 spiro atoms. The molecule has 3 rings (SSSR count). The molecule has 0 saturated carbocycles. The van der Waals surface area contributed by atoms with Crippen molar-refractivity contribution < 1.29 is 4.42 Å². The number of benzene rings is 1. The zero-order valence-corrected chi connectivity index (χ0v) is 12.6. The van der Waals surface area contributed by atoms with E-state index in [1.54, 1.807) is 6.26 Å². The van der Waals surface area contributed by atoms with E-state index in [1.807, 2.05) is 42.6 Å². The van der Waals surface area contributed by atoms with E-state index in [2.05, 4.69) is 28.3 Å². The maximum atomic E-state index is 5.58. The molecule has 0 aliphatic carbocycles. The maximum Gasteiger partial charge on any atom is 0.226 e. The summed E-state index contributed by atoms with van der Waals surface area (Å²) in [6.45, 7) is 3.62. The minimum atomic E-state index is 0.680. The van der Waals surface area contributed by atoms with E-state index in [9.17, 15) is 0 Å². The van der Waals surface area contributed by atoms with Gasteiger partial charge in [0.25, 0.3) is 0 Å². The summed E-state index contributed by atoms with van der Waals surface area (Å²) in [5.74, 6) is 0.680. The lowest BCUT2D eigenvalue weighted by atomic mass is 10.1. The van der Waals surface area contributed by atoms with Crippen molar-refractivity contribution in [2.24, 2.45) is 0 Å². The van der Waals surface area contributed by atoms with Crippen LogP contribution in [0.5, 0.6) is 0 Å². The van der Waals surface area contributed by atoms with Crippen molar-refractivity contribution in [2.45, 2.75) is 19.9 Å². The smallest absolute Gasteiger partial charge is 0.226 e. The third kappa shape index (κ3) is 3.59. The molecule has 1 N–H and O–H groups in total. The van der Waals surface area contributed by atoms with Gasteiger partial charge in [-0.3, -0.25) is 4.98 Å². The van der Waals surface area contributed by atoms with Gasteiger partial charge in [-0.05, 0) is 30.7 Å². The quantitative estimate of drug-likeness (QED) is 0.708. The first-order valence-electron chi connectivity index (χ1n) is 7.44. The summed E-state index contributed by atoms with van der Waals surface area (Å²) in [6.07, 6.45) is 4.44. The Kier molecular flexibility index (Phi) is 4.61. The molecule has 112 valence electrons. The first-order chi connectivity index (χ1) is 10.8. The van der Waals surface area contributed by atoms with Gasteiger partial charge in [-0.2, -0.15) is 0 Å². The fraction of sp³-hybridized carbons (Fsp3) is 0.222. The predicted molar refractivity (Wildman–Crippen MR) is 86.3 cm³/mol. The number of hydrogen-bond donors (Lipinski definition) is 1. The second kappa shape index (κ2) is 7.00. The average molecular weight is 293 g/mol. The third-order valence-electron chi connectivity index (χ3n) is 3.52. The van der Waals surface area contributed by atoms with Crippen molar-refractivity contribution >= 4 is 0 Å². The van der Waals surface area contributed by atoms with Gasteiger partial charge in [0.2, 0.25) is 5.89 Å². The van der Waals surface area contributed by atoms with E-state index in [1.165, 1.54) is 5.56 Å². The molecule has 3 aromatic rings. The molecule has 0 radical (unpaired) electrons. The summed E-state index contributed by atoms with van der Waals surface area (Å²) in [5.41, 5.74) is 4.22. The number of nitrogens with zero attached hydrogens (tertiary/aromatic N) is 2. The zero-order chi connectivity index (χ0) is 15.2. The fourth-order valence-electron chi connectivity index (χ4n) is 2.30. The lowest BCUT2D eigenvalue weighted by Crippen LogP contribution is -2.17. The lowest BCUT2D eigenvalue weighted by molar-refractivity contribution is 0.569. The fourth-order valence-corrected chi connectivity index (χ4v) is 2.30. The van der Waals surface area contributed by atoms with Gasteiger partial charge in [0, 0.05) is 37.0 Å². The Balaban J connectivity index is 1.53. The lowest BCUT2D eigenvalue weighted by Gasteiger charge is -2.02. The van der Waals surface area contributed by atoms with E-state index in [4.69, 9.17) is 4.42 Å². The number of hydrogen-bond acceptors (Lipinski definition) is 4. The van der Waals surface area contributed by atoms with Crippen LogP contribution in [-0.4, -0.2) is 16.5 Å². The minimum Gasteiger partial charge on any atom is -0.444 e. The summed E-state index contributed by atoms with van der Waals surface area (Å²) in [7, 11) is 0. The van der Waals surface area contributed by atoms with E-state index in [-0.39, 0.29) is 0 Å². The van der Waals surface area contributed by atoms with Gasteiger partial charge in [0.15, 0.2) is 0 Å². The van der Waals surface area contributed by atoms with Gasteiger partial charge in [-0.15, -0.1) is 0 Å². The SMILES string of the molecule is Cc1ccccc1-c1nc(CNCCc2ccccn2)co1. The minimum absolute atomic E-state index is 0.680. The molecule has 0 aliphatic rings. The molecule has 22 heavy (non-hydrogen) atoms. The average Bonchev–Trinajstić information content (AvgIpc) is 3.02. The molecule has 2 aromatic heterocycles. The van der Waals surface area contributed by atoms with Crippen LogP contribution in [0.3, 0.4) is 0 Å². The van der Waals surface area contributed by atoms with Crippen LogP contribution in [0.1, 0.15) is 17.0 Å². The van der Waals surface area contributed by atoms with Crippen LogP contribution in [-0.2, 0) is 13.0 Å². The van der Waals surface area contributed by atoms with Gasteiger partial charge >= 0.3 is 0 Å². The first kappa shape index (κ1) is 14.5. The van der Waals surface area contributed by atoms with Crippen molar-refractivity contribution in [3.05, 3.63) is 71.9 Å². The van der Waals surface area contributed by atoms with Crippen LogP contribution in [0.4, 0.5) is 0 Å². The van der Waals surface area contributed by atoms with Crippen LogP contribution < -0.4 is 5.32 Å². The van der Waals surface area contributed by atoms with E-state index in [0.29, 0.717) is 12.4 Å². The number of aromatic nitrogens is 2. The second-order valence-electron chi connectivity index (χ2n) is 5.21. The van der Waals surface area contributed by atoms with Crippen LogP contribution in [0.2, 0.25) is 0 Å². The van der Waals surface area contributed by atoms with Gasteiger partial charge in [-0.25, -0.2) is 4.98 Å². The van der Waals surface area contributed by atoms with Gasteiger partial charge in [0.05, 0.1) is 5.69 Å². The highest BCUT2D eigenvalue weighted by atomic mass is 16.3.